The fraction of sp³-hybridized carbons (Fsp3) is 0.800. The van der Waals surface area contributed by atoms with Crippen LogP contribution in [0.1, 0.15) is 19.3 Å². The highest BCUT2D eigenvalue weighted by atomic mass is 16.2. The highest BCUT2D eigenvalue weighted by molar-refractivity contribution is 5.79. The first-order valence-electron chi connectivity index (χ1n) is 5.55. The molecule has 0 spiro atoms. The van der Waals surface area contributed by atoms with E-state index in [9.17, 15) is 9.59 Å². The first-order valence-corrected chi connectivity index (χ1v) is 5.55. The topological polar surface area (TPSA) is 115 Å². The van der Waals surface area contributed by atoms with Gasteiger partial charge in [0.25, 0.3) is 0 Å². The van der Waals surface area contributed by atoms with E-state index in [1.54, 1.807) is 4.90 Å². The largest absolute Gasteiger partial charge is 0.369 e. The highest BCUT2D eigenvalue weighted by Gasteiger charge is 2.32. The Morgan fingerprint density at radius 2 is 1.69 bits per heavy atom. The molecule has 16 heavy (non-hydrogen) atoms. The molecule has 0 bridgehead atoms. The molecule has 1 saturated carbocycles. The minimum Gasteiger partial charge on any atom is -0.369 e. The van der Waals surface area contributed by atoms with Crippen molar-refractivity contribution in [2.75, 3.05) is 19.6 Å². The molecular weight excluding hydrogens is 208 g/mol. The third-order valence-electron chi connectivity index (χ3n) is 3.11. The van der Waals surface area contributed by atoms with Gasteiger partial charge in [-0.25, -0.2) is 0 Å². The summed E-state index contributed by atoms with van der Waals surface area (Å²) in [6, 6.07) is 0.157. The average Bonchev–Trinajstić information content (AvgIpc) is 2.62. The summed E-state index contributed by atoms with van der Waals surface area (Å²) in [4.78, 5) is 23.6. The van der Waals surface area contributed by atoms with Crippen molar-refractivity contribution in [3.05, 3.63) is 0 Å². The number of primary amides is 2. The maximum absolute atomic E-state index is 10.9. The van der Waals surface area contributed by atoms with Crippen molar-refractivity contribution < 1.29 is 9.59 Å². The van der Waals surface area contributed by atoms with E-state index in [4.69, 9.17) is 17.2 Å². The molecule has 1 rings (SSSR count). The highest BCUT2D eigenvalue weighted by Crippen LogP contribution is 2.28. The van der Waals surface area contributed by atoms with Crippen LogP contribution in [0.5, 0.6) is 0 Å². The number of nitrogens with zero attached hydrogens (tertiary/aromatic N) is 1. The van der Waals surface area contributed by atoms with Crippen molar-refractivity contribution in [3.8, 4) is 0 Å². The summed E-state index contributed by atoms with van der Waals surface area (Å²) >= 11 is 0. The second-order valence-corrected chi connectivity index (χ2v) is 4.33. The number of nitrogens with two attached hydrogens (primary N) is 3. The van der Waals surface area contributed by atoms with Crippen molar-refractivity contribution in [1.29, 1.82) is 0 Å². The molecule has 2 amide bonds. The molecule has 6 nitrogen and oxygen atoms in total. The van der Waals surface area contributed by atoms with E-state index < -0.39 is 11.8 Å². The molecule has 2 unspecified atom stereocenters. The van der Waals surface area contributed by atoms with E-state index in [0.29, 0.717) is 12.5 Å². The number of amides is 2. The standard InChI is InChI=1S/C10H20N4O2/c11-4-7-2-1-3-8(7)14(5-9(12)15)6-10(13)16/h7-8H,1-6,11H2,(H2,12,15)(H2,13,16). The Kier molecular flexibility index (Phi) is 4.70. The Bertz CT molecular complexity index is 254. The minimum absolute atomic E-state index is 0.0735. The number of hydrogen-bond acceptors (Lipinski definition) is 4. The van der Waals surface area contributed by atoms with Gasteiger partial charge in [0.15, 0.2) is 0 Å². The summed E-state index contributed by atoms with van der Waals surface area (Å²) in [6.07, 6.45) is 3.05. The molecule has 0 aromatic heterocycles. The maximum atomic E-state index is 10.9. The lowest BCUT2D eigenvalue weighted by Crippen LogP contribution is -2.48. The summed E-state index contributed by atoms with van der Waals surface area (Å²) in [5.41, 5.74) is 16.0. The molecule has 1 aliphatic carbocycles. The summed E-state index contributed by atoms with van der Waals surface area (Å²) in [7, 11) is 0. The van der Waals surface area contributed by atoms with E-state index in [1.807, 2.05) is 0 Å². The molecule has 0 aliphatic heterocycles. The zero-order valence-electron chi connectivity index (χ0n) is 9.39. The van der Waals surface area contributed by atoms with Gasteiger partial charge in [-0.2, -0.15) is 0 Å². The molecule has 2 atom stereocenters. The molecule has 1 aliphatic rings. The van der Waals surface area contributed by atoms with Gasteiger partial charge in [0, 0.05) is 6.04 Å². The van der Waals surface area contributed by atoms with Crippen molar-refractivity contribution in [1.82, 2.24) is 4.90 Å². The molecule has 6 N–H and O–H groups in total. The second-order valence-electron chi connectivity index (χ2n) is 4.33. The maximum Gasteiger partial charge on any atom is 0.231 e. The Morgan fingerprint density at radius 1 is 1.12 bits per heavy atom. The monoisotopic (exact) mass is 228 g/mol. The van der Waals surface area contributed by atoms with Crippen LogP contribution in [0.4, 0.5) is 0 Å². The van der Waals surface area contributed by atoms with E-state index in [0.717, 1.165) is 19.3 Å². The Labute approximate surface area is 95.1 Å². The fourth-order valence-electron chi connectivity index (χ4n) is 2.46. The van der Waals surface area contributed by atoms with Crippen molar-refractivity contribution in [2.24, 2.45) is 23.1 Å². The van der Waals surface area contributed by atoms with E-state index in [1.165, 1.54) is 0 Å². The van der Waals surface area contributed by atoms with Gasteiger partial charge < -0.3 is 17.2 Å². The lowest BCUT2D eigenvalue weighted by Gasteiger charge is -2.30. The predicted octanol–water partition coefficient (Wildman–Crippen LogP) is -1.61. The summed E-state index contributed by atoms with van der Waals surface area (Å²) < 4.78 is 0. The number of hydrogen-bond donors (Lipinski definition) is 3. The van der Waals surface area contributed by atoms with Gasteiger partial charge >= 0.3 is 0 Å². The number of carbonyl (C=O) groups is 2. The Balaban J connectivity index is 2.66. The lowest BCUT2D eigenvalue weighted by molar-refractivity contribution is -0.123. The minimum atomic E-state index is -0.441. The van der Waals surface area contributed by atoms with Gasteiger partial charge in [0.1, 0.15) is 0 Å². The molecule has 0 radical (unpaired) electrons. The van der Waals surface area contributed by atoms with Crippen LogP contribution in [-0.4, -0.2) is 42.4 Å². The van der Waals surface area contributed by atoms with Gasteiger partial charge in [-0.05, 0) is 25.3 Å². The summed E-state index contributed by atoms with van der Waals surface area (Å²) in [6.45, 7) is 0.715. The molecule has 1 fully saturated rings. The average molecular weight is 228 g/mol. The van der Waals surface area contributed by atoms with Gasteiger partial charge in [-0.3, -0.25) is 14.5 Å². The molecule has 0 aromatic rings. The van der Waals surface area contributed by atoms with Crippen molar-refractivity contribution in [3.63, 3.8) is 0 Å². The SMILES string of the molecule is NCC1CCCC1N(CC(N)=O)CC(N)=O. The quantitative estimate of drug-likeness (QED) is 0.507. The van der Waals surface area contributed by atoms with Crippen LogP contribution in [0.25, 0.3) is 0 Å². The van der Waals surface area contributed by atoms with Crippen molar-refractivity contribution >= 4 is 11.8 Å². The second kappa shape index (κ2) is 5.81. The van der Waals surface area contributed by atoms with Gasteiger partial charge in [0.05, 0.1) is 13.1 Å². The van der Waals surface area contributed by atoms with E-state index >= 15 is 0 Å². The zero-order valence-corrected chi connectivity index (χ0v) is 9.39. The van der Waals surface area contributed by atoms with E-state index in [2.05, 4.69) is 0 Å². The normalized spacial score (nSPS) is 24.9. The summed E-state index contributed by atoms with van der Waals surface area (Å²) in [5.74, 6) is -0.549. The number of rotatable bonds is 6. The van der Waals surface area contributed by atoms with Crippen LogP contribution in [0, 0.1) is 5.92 Å². The van der Waals surface area contributed by atoms with Crippen LogP contribution in [0.2, 0.25) is 0 Å². The van der Waals surface area contributed by atoms with Gasteiger partial charge in [-0.1, -0.05) is 6.42 Å². The first-order chi connectivity index (χ1) is 7.54. The third-order valence-corrected chi connectivity index (χ3v) is 3.11. The van der Waals surface area contributed by atoms with Crippen LogP contribution in [0.3, 0.4) is 0 Å². The van der Waals surface area contributed by atoms with Crippen LogP contribution >= 0.6 is 0 Å². The predicted molar refractivity (Wildman–Crippen MR) is 60.1 cm³/mol. The molecule has 92 valence electrons. The van der Waals surface area contributed by atoms with Crippen LogP contribution in [0.15, 0.2) is 0 Å². The van der Waals surface area contributed by atoms with Crippen LogP contribution in [-0.2, 0) is 9.59 Å². The molecule has 0 heterocycles. The van der Waals surface area contributed by atoms with Gasteiger partial charge in [0.2, 0.25) is 11.8 Å². The number of carbonyl (C=O) groups excluding carboxylic acids is 2. The fourth-order valence-corrected chi connectivity index (χ4v) is 2.46. The molecule has 0 saturated heterocycles. The zero-order chi connectivity index (χ0) is 12.1. The van der Waals surface area contributed by atoms with Gasteiger partial charge in [-0.15, -0.1) is 0 Å². The smallest absolute Gasteiger partial charge is 0.231 e. The van der Waals surface area contributed by atoms with Crippen LogP contribution < -0.4 is 17.2 Å². The first kappa shape index (κ1) is 12.9. The lowest BCUT2D eigenvalue weighted by atomic mass is 10.0. The third kappa shape index (κ3) is 3.46. The van der Waals surface area contributed by atoms with E-state index in [-0.39, 0.29) is 19.1 Å². The van der Waals surface area contributed by atoms with Crippen molar-refractivity contribution in [2.45, 2.75) is 25.3 Å². The Hall–Kier alpha value is -1.14. The Morgan fingerprint density at radius 3 is 2.12 bits per heavy atom. The molecule has 0 aromatic carbocycles. The molecule has 6 heteroatoms. The molecular formula is C10H20N4O2. The summed E-state index contributed by atoms with van der Waals surface area (Å²) in [5, 5.41) is 0.